The highest BCUT2D eigenvalue weighted by atomic mass is 79.9. The Hall–Kier alpha value is -4.16. The van der Waals surface area contributed by atoms with Gasteiger partial charge < -0.3 is 14.5 Å². The molecule has 12 heteroatoms. The monoisotopic (exact) mass is 636 g/mol. The largest absolute Gasteiger partial charge is 0.488 e. The molecule has 0 saturated carbocycles. The predicted octanol–water partition coefficient (Wildman–Crippen LogP) is 5.32. The van der Waals surface area contributed by atoms with Crippen molar-refractivity contribution in [3.8, 4) is 5.75 Å². The number of para-hydroxylation sites is 1. The van der Waals surface area contributed by atoms with Crippen molar-refractivity contribution < 1.29 is 24.0 Å². The summed E-state index contributed by atoms with van der Waals surface area (Å²) in [6.45, 7) is 2.19. The second-order valence-electron chi connectivity index (χ2n) is 9.37. The molecule has 2 saturated heterocycles. The lowest BCUT2D eigenvalue weighted by atomic mass is 10.1. The van der Waals surface area contributed by atoms with Crippen molar-refractivity contribution in [2.75, 3.05) is 37.6 Å². The lowest BCUT2D eigenvalue weighted by molar-refractivity contribution is -0.384. The number of nitrogens with zero attached hydrogens (tertiary/aromatic N) is 4. The van der Waals surface area contributed by atoms with Crippen LogP contribution in [0.5, 0.6) is 5.75 Å². The maximum Gasteiger partial charge on any atom is 0.294 e. The van der Waals surface area contributed by atoms with E-state index in [2.05, 4.69) is 20.8 Å². The molecule has 0 spiro atoms. The second kappa shape index (κ2) is 12.6. The number of halogens is 1. The Morgan fingerprint density at radius 2 is 1.71 bits per heavy atom. The van der Waals surface area contributed by atoms with Gasteiger partial charge in [-0.3, -0.25) is 29.4 Å². The average Bonchev–Trinajstić information content (AvgIpc) is 3.24. The van der Waals surface area contributed by atoms with E-state index in [1.807, 2.05) is 30.3 Å². The second-order valence-corrected chi connectivity index (χ2v) is 11.3. The molecule has 2 fully saturated rings. The fourth-order valence-corrected chi connectivity index (χ4v) is 5.71. The number of amides is 3. The third-order valence-electron chi connectivity index (χ3n) is 6.72. The highest BCUT2D eigenvalue weighted by Crippen LogP contribution is 2.35. The van der Waals surface area contributed by atoms with Gasteiger partial charge in [-0.2, -0.15) is 0 Å². The van der Waals surface area contributed by atoms with Crippen molar-refractivity contribution in [1.29, 1.82) is 0 Å². The Morgan fingerprint density at radius 1 is 1.00 bits per heavy atom. The van der Waals surface area contributed by atoms with Crippen molar-refractivity contribution in [2.45, 2.75) is 6.61 Å². The number of carbonyl (C=O) groups is 3. The molecule has 41 heavy (non-hydrogen) atoms. The standard InChI is InChI=1S/C29H25BrN4O6S/c30-22-8-11-25(40-19-20-6-9-24(10-7-20)34(38)39)21(16-22)17-26-28(36)33(29(37)41-26)18-27(35)32-14-12-31(13-15-32)23-4-2-1-3-5-23/h1-11,16-17H,12-15,18-19H2/b26-17-. The van der Waals surface area contributed by atoms with Crippen LogP contribution < -0.4 is 9.64 Å². The molecule has 3 amide bonds. The van der Waals surface area contributed by atoms with E-state index in [0.29, 0.717) is 37.5 Å². The van der Waals surface area contributed by atoms with Gasteiger partial charge in [0.1, 0.15) is 18.9 Å². The number of benzene rings is 3. The molecule has 0 bridgehead atoms. The van der Waals surface area contributed by atoms with E-state index in [0.717, 1.165) is 32.4 Å². The lowest BCUT2D eigenvalue weighted by Gasteiger charge is -2.36. The first kappa shape index (κ1) is 28.4. The number of piperazine rings is 1. The zero-order valence-corrected chi connectivity index (χ0v) is 24.2. The lowest BCUT2D eigenvalue weighted by Crippen LogP contribution is -2.51. The normalized spacial score (nSPS) is 16.4. The number of thioether (sulfide) groups is 1. The molecule has 10 nitrogen and oxygen atoms in total. The van der Waals surface area contributed by atoms with Crippen LogP contribution in [0.1, 0.15) is 11.1 Å². The number of carbonyl (C=O) groups excluding carboxylic acids is 3. The minimum absolute atomic E-state index is 0.0123. The van der Waals surface area contributed by atoms with Crippen LogP contribution in [0.15, 0.2) is 82.2 Å². The van der Waals surface area contributed by atoms with E-state index in [1.54, 1.807) is 41.3 Å². The van der Waals surface area contributed by atoms with Gasteiger partial charge in [0, 0.05) is 54.0 Å². The predicted molar refractivity (Wildman–Crippen MR) is 159 cm³/mol. The van der Waals surface area contributed by atoms with E-state index in [9.17, 15) is 24.5 Å². The molecule has 2 aliphatic heterocycles. The molecule has 2 heterocycles. The van der Waals surface area contributed by atoms with E-state index in [4.69, 9.17) is 4.74 Å². The molecular weight excluding hydrogens is 612 g/mol. The number of rotatable bonds is 8. The van der Waals surface area contributed by atoms with Crippen molar-refractivity contribution >= 4 is 62.2 Å². The van der Waals surface area contributed by atoms with E-state index in [1.165, 1.54) is 12.1 Å². The summed E-state index contributed by atoms with van der Waals surface area (Å²) in [7, 11) is 0. The maximum atomic E-state index is 13.2. The van der Waals surface area contributed by atoms with Gasteiger partial charge in [0.25, 0.3) is 16.8 Å². The van der Waals surface area contributed by atoms with Crippen LogP contribution in [0.3, 0.4) is 0 Å². The van der Waals surface area contributed by atoms with Gasteiger partial charge in [0.15, 0.2) is 0 Å². The summed E-state index contributed by atoms with van der Waals surface area (Å²) in [6, 6.07) is 21.3. The van der Waals surface area contributed by atoms with Crippen molar-refractivity contribution in [3.63, 3.8) is 0 Å². The minimum atomic E-state index is -0.530. The van der Waals surface area contributed by atoms with Crippen LogP contribution in [-0.2, 0) is 16.2 Å². The first-order valence-corrected chi connectivity index (χ1v) is 14.4. The summed E-state index contributed by atoms with van der Waals surface area (Å²) in [5.74, 6) is -0.334. The summed E-state index contributed by atoms with van der Waals surface area (Å²) in [5, 5.41) is 10.4. The van der Waals surface area contributed by atoms with Gasteiger partial charge in [0.05, 0.1) is 9.83 Å². The molecule has 0 aromatic heterocycles. The molecule has 3 aromatic carbocycles. The van der Waals surface area contributed by atoms with Crippen LogP contribution in [0.2, 0.25) is 0 Å². The Kier molecular flexibility index (Phi) is 8.70. The summed E-state index contributed by atoms with van der Waals surface area (Å²) in [4.78, 5) is 54.4. The van der Waals surface area contributed by atoms with Gasteiger partial charge in [-0.1, -0.05) is 34.1 Å². The smallest absolute Gasteiger partial charge is 0.294 e. The van der Waals surface area contributed by atoms with Crippen LogP contribution in [0.4, 0.5) is 16.2 Å². The zero-order chi connectivity index (χ0) is 28.9. The molecule has 0 radical (unpaired) electrons. The van der Waals surface area contributed by atoms with Gasteiger partial charge >= 0.3 is 0 Å². The Bertz CT molecular complexity index is 1510. The molecule has 0 N–H and O–H groups in total. The van der Waals surface area contributed by atoms with Crippen LogP contribution in [-0.4, -0.2) is 64.5 Å². The fraction of sp³-hybridized carbons (Fsp3) is 0.207. The quantitative estimate of drug-likeness (QED) is 0.185. The third-order valence-corrected chi connectivity index (χ3v) is 8.12. The van der Waals surface area contributed by atoms with Crippen LogP contribution >= 0.6 is 27.7 Å². The molecular formula is C29H25BrN4O6S. The molecule has 0 unspecified atom stereocenters. The van der Waals surface area contributed by atoms with Crippen LogP contribution in [0.25, 0.3) is 6.08 Å². The number of imide groups is 1. The van der Waals surface area contributed by atoms with E-state index < -0.39 is 16.1 Å². The minimum Gasteiger partial charge on any atom is -0.488 e. The number of nitro benzene ring substituents is 1. The Labute approximate surface area is 248 Å². The molecule has 0 atom stereocenters. The first-order valence-electron chi connectivity index (χ1n) is 12.8. The van der Waals surface area contributed by atoms with Gasteiger partial charge in [-0.15, -0.1) is 0 Å². The van der Waals surface area contributed by atoms with Crippen molar-refractivity contribution in [3.05, 3.63) is 103 Å². The number of anilines is 1. The SMILES string of the molecule is O=C(CN1C(=O)S/C(=C\c2cc(Br)ccc2OCc2ccc([N+](=O)[O-])cc2)C1=O)N1CCN(c2ccccc2)CC1. The summed E-state index contributed by atoms with van der Waals surface area (Å²) in [5.41, 5.74) is 2.38. The molecule has 3 aromatic rings. The number of hydrogen-bond donors (Lipinski definition) is 0. The number of nitro groups is 1. The van der Waals surface area contributed by atoms with Crippen LogP contribution in [0, 0.1) is 10.1 Å². The van der Waals surface area contributed by atoms with Crippen molar-refractivity contribution in [1.82, 2.24) is 9.80 Å². The van der Waals surface area contributed by atoms with Gasteiger partial charge in [0.2, 0.25) is 5.91 Å². The number of hydrogen-bond acceptors (Lipinski definition) is 8. The average molecular weight is 638 g/mol. The van der Waals surface area contributed by atoms with Gasteiger partial charge in [-0.05, 0) is 65.9 Å². The molecule has 0 aliphatic carbocycles. The number of non-ortho nitro benzene ring substituents is 1. The Balaban J connectivity index is 1.23. The fourth-order valence-electron chi connectivity index (χ4n) is 4.50. The zero-order valence-electron chi connectivity index (χ0n) is 21.8. The molecule has 5 rings (SSSR count). The topological polar surface area (TPSA) is 113 Å². The molecule has 2 aliphatic rings. The molecule has 210 valence electrons. The highest BCUT2D eigenvalue weighted by Gasteiger charge is 2.37. The summed E-state index contributed by atoms with van der Waals surface area (Å²) >= 11 is 4.21. The summed E-state index contributed by atoms with van der Waals surface area (Å²) in [6.07, 6.45) is 1.57. The van der Waals surface area contributed by atoms with E-state index >= 15 is 0 Å². The number of ether oxygens (including phenoxy) is 1. The van der Waals surface area contributed by atoms with Gasteiger partial charge in [-0.25, -0.2) is 0 Å². The van der Waals surface area contributed by atoms with E-state index in [-0.39, 0.29) is 29.7 Å². The summed E-state index contributed by atoms with van der Waals surface area (Å²) < 4.78 is 6.69. The van der Waals surface area contributed by atoms with Crippen molar-refractivity contribution in [2.24, 2.45) is 0 Å². The third kappa shape index (κ3) is 6.77. The Morgan fingerprint density at radius 3 is 2.39 bits per heavy atom. The highest BCUT2D eigenvalue weighted by molar-refractivity contribution is 9.10. The maximum absolute atomic E-state index is 13.2. The first-order chi connectivity index (χ1) is 19.8.